The molecule has 7 nitrogen and oxygen atoms in total. The lowest BCUT2D eigenvalue weighted by Gasteiger charge is -2.27. The topological polar surface area (TPSA) is 73.5 Å². The smallest absolute Gasteiger partial charge is 0.226 e. The first-order valence-corrected chi connectivity index (χ1v) is 10.6. The SMILES string of the molecule is CC1C=CC=C(n2cccn2)C1CNc1nc(Cl)nc2c1ncn2C1CCCC1. The number of rotatable bonds is 5. The Balaban J connectivity index is 1.43. The molecular formula is C21H24ClN7. The van der Waals surface area contributed by atoms with E-state index in [4.69, 9.17) is 11.6 Å². The highest BCUT2D eigenvalue weighted by Gasteiger charge is 2.25. The van der Waals surface area contributed by atoms with Gasteiger partial charge in [-0.25, -0.2) is 9.67 Å². The van der Waals surface area contributed by atoms with Crippen molar-refractivity contribution >= 4 is 34.3 Å². The van der Waals surface area contributed by atoms with E-state index in [2.05, 4.69) is 55.1 Å². The van der Waals surface area contributed by atoms with Crippen LogP contribution in [0.4, 0.5) is 5.82 Å². The van der Waals surface area contributed by atoms with Crippen LogP contribution in [0.5, 0.6) is 0 Å². The summed E-state index contributed by atoms with van der Waals surface area (Å²) in [6, 6.07) is 2.40. The van der Waals surface area contributed by atoms with Crippen LogP contribution in [-0.4, -0.2) is 35.8 Å². The van der Waals surface area contributed by atoms with E-state index >= 15 is 0 Å². The molecule has 0 bridgehead atoms. The van der Waals surface area contributed by atoms with Gasteiger partial charge in [0.1, 0.15) is 0 Å². The summed E-state index contributed by atoms with van der Waals surface area (Å²) in [5, 5.41) is 8.16. The van der Waals surface area contributed by atoms with Gasteiger partial charge >= 0.3 is 0 Å². The van der Waals surface area contributed by atoms with Crippen molar-refractivity contribution in [2.45, 2.75) is 38.6 Å². The summed E-state index contributed by atoms with van der Waals surface area (Å²) >= 11 is 6.28. The first-order valence-electron chi connectivity index (χ1n) is 10.2. The molecule has 0 spiro atoms. The van der Waals surface area contributed by atoms with E-state index in [-0.39, 0.29) is 11.2 Å². The second-order valence-electron chi connectivity index (χ2n) is 7.88. The molecular weight excluding hydrogens is 386 g/mol. The van der Waals surface area contributed by atoms with E-state index in [1.807, 2.05) is 23.3 Å². The third-order valence-corrected chi connectivity index (χ3v) is 6.24. The minimum atomic E-state index is 0.249. The van der Waals surface area contributed by atoms with E-state index in [1.54, 1.807) is 6.20 Å². The van der Waals surface area contributed by atoms with Crippen molar-refractivity contribution in [3.05, 3.63) is 48.3 Å². The van der Waals surface area contributed by atoms with Gasteiger partial charge in [0, 0.05) is 36.6 Å². The highest BCUT2D eigenvalue weighted by atomic mass is 35.5. The standard InChI is InChI=1S/C21H24ClN7/c1-14-6-4-9-17(29-11-5-10-25-29)16(14)12-23-19-18-20(27-21(22)26-19)28(13-24-18)15-7-2-3-8-15/h4-6,9-11,13-16H,2-3,7-8,12H2,1H3,(H,23,26,27). The fourth-order valence-electron chi connectivity index (χ4n) is 4.48. The molecule has 1 N–H and O–H groups in total. The summed E-state index contributed by atoms with van der Waals surface area (Å²) in [6.07, 6.45) is 16.9. The average molecular weight is 410 g/mol. The highest BCUT2D eigenvalue weighted by molar-refractivity contribution is 6.28. The third-order valence-electron chi connectivity index (χ3n) is 6.07. The Bertz CT molecular complexity index is 1060. The number of anilines is 1. The van der Waals surface area contributed by atoms with Crippen LogP contribution in [0.3, 0.4) is 0 Å². The van der Waals surface area contributed by atoms with Crippen LogP contribution in [-0.2, 0) is 0 Å². The zero-order valence-corrected chi connectivity index (χ0v) is 17.1. The van der Waals surface area contributed by atoms with Crippen LogP contribution in [0.2, 0.25) is 5.28 Å². The Kier molecular flexibility index (Phi) is 4.83. The molecule has 1 saturated carbocycles. The van der Waals surface area contributed by atoms with Gasteiger partial charge in [-0.1, -0.05) is 31.9 Å². The summed E-state index contributed by atoms with van der Waals surface area (Å²) < 4.78 is 4.10. The van der Waals surface area contributed by atoms with Gasteiger partial charge in [-0.3, -0.25) is 0 Å². The molecule has 2 aliphatic carbocycles. The van der Waals surface area contributed by atoms with E-state index in [0.717, 1.165) is 16.9 Å². The molecule has 0 amide bonds. The Labute approximate surface area is 174 Å². The Morgan fingerprint density at radius 3 is 2.90 bits per heavy atom. The minimum absolute atomic E-state index is 0.249. The maximum Gasteiger partial charge on any atom is 0.226 e. The monoisotopic (exact) mass is 409 g/mol. The summed E-state index contributed by atoms with van der Waals surface area (Å²) in [5.74, 6) is 1.31. The molecule has 3 aromatic rings. The molecule has 3 aromatic heterocycles. The molecule has 1 fully saturated rings. The van der Waals surface area contributed by atoms with E-state index in [0.29, 0.717) is 24.3 Å². The van der Waals surface area contributed by atoms with Gasteiger partial charge < -0.3 is 9.88 Å². The Hall–Kier alpha value is -2.67. The third kappa shape index (κ3) is 3.44. The average Bonchev–Trinajstić information content (AvgIpc) is 3.47. The molecule has 0 saturated heterocycles. The molecule has 8 heteroatoms. The van der Waals surface area contributed by atoms with Crippen molar-refractivity contribution in [3.63, 3.8) is 0 Å². The number of hydrogen-bond acceptors (Lipinski definition) is 5. The zero-order valence-electron chi connectivity index (χ0n) is 16.4. The van der Waals surface area contributed by atoms with Crippen molar-refractivity contribution in [2.75, 3.05) is 11.9 Å². The normalized spacial score (nSPS) is 22.3. The van der Waals surface area contributed by atoms with Gasteiger partial charge in [0.05, 0.1) is 6.33 Å². The van der Waals surface area contributed by atoms with Gasteiger partial charge in [0.25, 0.3) is 0 Å². The van der Waals surface area contributed by atoms with E-state index < -0.39 is 0 Å². The number of nitrogens with one attached hydrogen (secondary N) is 1. The van der Waals surface area contributed by atoms with Crippen LogP contribution in [0.25, 0.3) is 16.9 Å². The summed E-state index contributed by atoms with van der Waals surface area (Å²) in [6.45, 7) is 2.92. The molecule has 0 aromatic carbocycles. The highest BCUT2D eigenvalue weighted by Crippen LogP contribution is 2.34. The maximum absolute atomic E-state index is 6.28. The van der Waals surface area contributed by atoms with Crippen molar-refractivity contribution in [1.29, 1.82) is 0 Å². The second kappa shape index (κ2) is 7.63. The number of fused-ring (bicyclic) bond motifs is 1. The van der Waals surface area contributed by atoms with E-state index in [9.17, 15) is 0 Å². The van der Waals surface area contributed by atoms with Crippen molar-refractivity contribution in [2.24, 2.45) is 11.8 Å². The predicted octanol–water partition coefficient (Wildman–Crippen LogP) is 4.57. The van der Waals surface area contributed by atoms with Crippen LogP contribution < -0.4 is 5.32 Å². The lowest BCUT2D eigenvalue weighted by Crippen LogP contribution is -2.26. The van der Waals surface area contributed by atoms with Crippen LogP contribution >= 0.6 is 11.6 Å². The van der Waals surface area contributed by atoms with Crippen molar-refractivity contribution in [3.8, 4) is 0 Å². The first-order chi connectivity index (χ1) is 14.2. The molecule has 3 heterocycles. The summed E-state index contributed by atoms with van der Waals surface area (Å²) in [4.78, 5) is 13.6. The van der Waals surface area contributed by atoms with Gasteiger partial charge in [0.2, 0.25) is 5.28 Å². The molecule has 2 aliphatic rings. The quantitative estimate of drug-likeness (QED) is 0.625. The molecule has 2 unspecified atom stereocenters. The van der Waals surface area contributed by atoms with Crippen LogP contribution in [0.1, 0.15) is 38.6 Å². The molecule has 5 rings (SSSR count). The number of halogens is 1. The Morgan fingerprint density at radius 2 is 2.10 bits per heavy atom. The fourth-order valence-corrected chi connectivity index (χ4v) is 4.65. The largest absolute Gasteiger partial charge is 0.367 e. The molecule has 150 valence electrons. The van der Waals surface area contributed by atoms with Crippen molar-refractivity contribution < 1.29 is 0 Å². The number of nitrogens with zero attached hydrogens (tertiary/aromatic N) is 6. The van der Waals surface area contributed by atoms with Crippen molar-refractivity contribution in [1.82, 2.24) is 29.3 Å². The zero-order chi connectivity index (χ0) is 19.8. The minimum Gasteiger partial charge on any atom is -0.367 e. The fraction of sp³-hybridized carbons (Fsp3) is 0.429. The molecule has 29 heavy (non-hydrogen) atoms. The van der Waals surface area contributed by atoms with Gasteiger partial charge in [-0.15, -0.1) is 0 Å². The first kappa shape index (κ1) is 18.4. The summed E-state index contributed by atoms with van der Waals surface area (Å²) in [5.41, 5.74) is 2.76. The number of hydrogen-bond donors (Lipinski definition) is 1. The van der Waals surface area contributed by atoms with Crippen LogP contribution in [0, 0.1) is 11.8 Å². The van der Waals surface area contributed by atoms with Gasteiger partial charge in [-0.05, 0) is 42.5 Å². The van der Waals surface area contributed by atoms with Gasteiger partial charge in [-0.2, -0.15) is 15.1 Å². The van der Waals surface area contributed by atoms with E-state index in [1.165, 1.54) is 25.7 Å². The molecule has 0 aliphatic heterocycles. The number of aromatic nitrogens is 6. The number of allylic oxidation sites excluding steroid dienone is 3. The lowest BCUT2D eigenvalue weighted by molar-refractivity contribution is 0.518. The second-order valence-corrected chi connectivity index (χ2v) is 8.22. The predicted molar refractivity (Wildman–Crippen MR) is 115 cm³/mol. The lowest BCUT2D eigenvalue weighted by atomic mass is 9.87. The van der Waals surface area contributed by atoms with Crippen LogP contribution in [0.15, 0.2) is 43.0 Å². The van der Waals surface area contributed by atoms with Gasteiger partial charge in [0.15, 0.2) is 17.0 Å². The molecule has 2 atom stereocenters. The molecule has 0 radical (unpaired) electrons. The Morgan fingerprint density at radius 1 is 1.24 bits per heavy atom. The maximum atomic E-state index is 6.28. The summed E-state index contributed by atoms with van der Waals surface area (Å²) in [7, 11) is 0. The number of imidazole rings is 1.